The Hall–Kier alpha value is -2.32. The van der Waals surface area contributed by atoms with E-state index in [1.807, 2.05) is 22.7 Å². The molecule has 1 aromatic carbocycles. The molecule has 1 aliphatic rings. The highest BCUT2D eigenvalue weighted by Crippen LogP contribution is 2.20. The fourth-order valence-corrected chi connectivity index (χ4v) is 3.13. The summed E-state index contributed by atoms with van der Waals surface area (Å²) in [7, 11) is 1.92. The number of halogens is 2. The molecule has 0 radical (unpaired) electrons. The van der Waals surface area contributed by atoms with Gasteiger partial charge >= 0.3 is 0 Å². The third-order valence-corrected chi connectivity index (χ3v) is 4.49. The maximum atomic E-state index is 14.3. The minimum absolute atomic E-state index is 0.164. The summed E-state index contributed by atoms with van der Waals surface area (Å²) in [6.07, 6.45) is 2.04. The van der Waals surface area contributed by atoms with Crippen molar-refractivity contribution in [2.24, 2.45) is 7.05 Å². The van der Waals surface area contributed by atoms with Gasteiger partial charge in [0.05, 0.1) is 17.6 Å². The molecule has 6 nitrogen and oxygen atoms in total. The summed E-state index contributed by atoms with van der Waals surface area (Å²) in [5, 5.41) is 0. The van der Waals surface area contributed by atoms with Crippen LogP contribution in [0.25, 0.3) is 11.0 Å². The molecule has 4 rings (SSSR count). The molecule has 25 heavy (non-hydrogen) atoms. The van der Waals surface area contributed by atoms with E-state index in [1.165, 1.54) is 12.1 Å². The van der Waals surface area contributed by atoms with Crippen LogP contribution in [0.2, 0.25) is 0 Å². The van der Waals surface area contributed by atoms with Crippen molar-refractivity contribution in [1.29, 1.82) is 0 Å². The van der Waals surface area contributed by atoms with E-state index in [4.69, 9.17) is 4.74 Å². The van der Waals surface area contributed by atoms with E-state index in [0.717, 1.165) is 5.82 Å². The van der Waals surface area contributed by atoms with Crippen LogP contribution in [0.3, 0.4) is 0 Å². The number of nitrogens with one attached hydrogen (secondary N) is 1. The maximum absolute atomic E-state index is 14.3. The van der Waals surface area contributed by atoms with E-state index in [2.05, 4.69) is 15.0 Å². The van der Waals surface area contributed by atoms with Crippen LogP contribution in [0.4, 0.5) is 8.78 Å². The van der Waals surface area contributed by atoms with Crippen molar-refractivity contribution in [3.63, 3.8) is 0 Å². The molecular weight excluding hydrogens is 328 g/mol. The number of benzene rings is 1. The Morgan fingerprint density at radius 3 is 3.04 bits per heavy atom. The molecule has 0 spiro atoms. The molecule has 2 aromatic heterocycles. The Labute approximate surface area is 143 Å². The highest BCUT2D eigenvalue weighted by atomic mass is 19.1. The van der Waals surface area contributed by atoms with Gasteiger partial charge in [0.1, 0.15) is 36.3 Å². The van der Waals surface area contributed by atoms with Crippen LogP contribution in [0, 0.1) is 5.82 Å². The molecule has 1 N–H and O–H groups in total. The fraction of sp³-hybridized carbons (Fsp3) is 0.412. The van der Waals surface area contributed by atoms with Crippen molar-refractivity contribution >= 4 is 11.0 Å². The molecule has 3 heterocycles. The highest BCUT2D eigenvalue weighted by Gasteiger charge is 2.34. The molecule has 0 bridgehead atoms. The van der Waals surface area contributed by atoms with E-state index < -0.39 is 12.3 Å². The molecule has 2 atom stereocenters. The van der Waals surface area contributed by atoms with Crippen molar-refractivity contribution in [2.45, 2.75) is 25.4 Å². The van der Waals surface area contributed by atoms with Crippen molar-refractivity contribution in [1.82, 2.24) is 24.4 Å². The number of hydrogen-bond acceptors (Lipinski definition) is 4. The zero-order valence-electron chi connectivity index (χ0n) is 13.8. The fourth-order valence-electron chi connectivity index (χ4n) is 3.13. The Kier molecular flexibility index (Phi) is 4.22. The zero-order chi connectivity index (χ0) is 17.4. The van der Waals surface area contributed by atoms with Crippen molar-refractivity contribution in [2.75, 3.05) is 13.1 Å². The lowest BCUT2D eigenvalue weighted by Gasteiger charge is -2.15. The number of H-pyrrole nitrogens is 1. The topological polar surface area (TPSA) is 59.0 Å². The average molecular weight is 347 g/mol. The van der Waals surface area contributed by atoms with E-state index in [0.29, 0.717) is 36.5 Å². The first-order chi connectivity index (χ1) is 12.1. The third-order valence-electron chi connectivity index (χ3n) is 4.49. The highest BCUT2D eigenvalue weighted by molar-refractivity contribution is 5.74. The number of alkyl halides is 1. The number of nitrogens with zero attached hydrogens (tertiary/aromatic N) is 4. The molecule has 1 aliphatic heterocycles. The summed E-state index contributed by atoms with van der Waals surface area (Å²) in [5.74, 6) is 1.13. The number of hydrogen-bond donors (Lipinski definition) is 1. The van der Waals surface area contributed by atoms with E-state index in [1.54, 1.807) is 12.3 Å². The number of likely N-dealkylation sites (tertiary alicyclic amines) is 1. The van der Waals surface area contributed by atoms with Gasteiger partial charge in [-0.2, -0.15) is 0 Å². The maximum Gasteiger partial charge on any atom is 0.140 e. The van der Waals surface area contributed by atoms with Gasteiger partial charge in [-0.3, -0.25) is 4.90 Å². The average Bonchev–Trinajstić information content (AvgIpc) is 3.25. The minimum atomic E-state index is -1.05. The first-order valence-electron chi connectivity index (χ1n) is 8.17. The second-order valence-electron chi connectivity index (χ2n) is 6.36. The monoisotopic (exact) mass is 347 g/mol. The summed E-state index contributed by atoms with van der Waals surface area (Å²) in [6, 6.07) is 4.35. The van der Waals surface area contributed by atoms with Gasteiger partial charge in [0.2, 0.25) is 0 Å². The summed E-state index contributed by atoms with van der Waals surface area (Å²) in [6.45, 7) is 1.58. The first kappa shape index (κ1) is 16.2. The SMILES string of the molecule is Cn1ccnc1CN1CC(F)C(OCc2nc3ccc(F)cc3[nH]2)C1. The third kappa shape index (κ3) is 3.40. The standard InChI is InChI=1S/C17H19F2N5O/c1-23-5-4-20-17(23)9-24-7-12(19)15(8-24)25-10-16-21-13-3-2-11(18)6-14(13)22-16/h2-6,12,15H,7-10H2,1H3,(H,21,22). The van der Waals surface area contributed by atoms with Crippen LogP contribution in [0.1, 0.15) is 11.6 Å². The van der Waals surface area contributed by atoms with Gasteiger partial charge in [-0.15, -0.1) is 0 Å². The molecule has 1 fully saturated rings. The van der Waals surface area contributed by atoms with Crippen LogP contribution in [0.15, 0.2) is 30.6 Å². The van der Waals surface area contributed by atoms with Gasteiger partial charge in [-0.05, 0) is 18.2 Å². The number of aromatic nitrogens is 4. The number of ether oxygens (including phenoxy) is 1. The molecule has 1 saturated heterocycles. The van der Waals surface area contributed by atoms with Crippen molar-refractivity contribution in [3.05, 3.63) is 48.1 Å². The number of rotatable bonds is 5. The summed E-state index contributed by atoms with van der Waals surface area (Å²) >= 11 is 0. The Bertz CT molecular complexity index is 877. The van der Waals surface area contributed by atoms with Crippen LogP contribution >= 0.6 is 0 Å². The first-order valence-corrected chi connectivity index (χ1v) is 8.17. The summed E-state index contributed by atoms with van der Waals surface area (Å²) in [4.78, 5) is 13.6. The van der Waals surface area contributed by atoms with E-state index in [9.17, 15) is 8.78 Å². The molecule has 8 heteroatoms. The van der Waals surface area contributed by atoms with Gasteiger partial charge in [0.15, 0.2) is 0 Å². The predicted octanol–water partition coefficient (Wildman–Crippen LogP) is 2.17. The lowest BCUT2D eigenvalue weighted by atomic mass is 10.3. The Morgan fingerprint density at radius 1 is 1.36 bits per heavy atom. The quantitative estimate of drug-likeness (QED) is 0.769. The van der Waals surface area contributed by atoms with Gasteiger partial charge in [0, 0.05) is 32.5 Å². The molecule has 2 unspecified atom stereocenters. The molecule has 132 valence electrons. The largest absolute Gasteiger partial charge is 0.366 e. The van der Waals surface area contributed by atoms with Crippen LogP contribution in [-0.4, -0.2) is 49.8 Å². The molecule has 0 saturated carbocycles. The lowest BCUT2D eigenvalue weighted by Crippen LogP contribution is -2.25. The zero-order valence-corrected chi connectivity index (χ0v) is 13.8. The minimum Gasteiger partial charge on any atom is -0.366 e. The second-order valence-corrected chi connectivity index (χ2v) is 6.36. The van der Waals surface area contributed by atoms with Crippen LogP contribution in [-0.2, 0) is 24.9 Å². The van der Waals surface area contributed by atoms with Gasteiger partial charge in [-0.25, -0.2) is 18.7 Å². The normalized spacial score (nSPS) is 21.4. The summed E-state index contributed by atoms with van der Waals surface area (Å²) in [5.41, 5.74) is 1.28. The van der Waals surface area contributed by atoms with Gasteiger partial charge < -0.3 is 14.3 Å². The Morgan fingerprint density at radius 2 is 2.24 bits per heavy atom. The van der Waals surface area contributed by atoms with Crippen molar-refractivity contribution in [3.8, 4) is 0 Å². The number of imidazole rings is 2. The smallest absolute Gasteiger partial charge is 0.140 e. The number of fused-ring (bicyclic) bond motifs is 1. The Balaban J connectivity index is 1.36. The molecular formula is C17H19F2N5O. The lowest BCUT2D eigenvalue weighted by molar-refractivity contribution is 0.00857. The number of aromatic amines is 1. The predicted molar refractivity (Wildman–Crippen MR) is 88.0 cm³/mol. The van der Waals surface area contributed by atoms with Crippen LogP contribution in [0.5, 0.6) is 0 Å². The van der Waals surface area contributed by atoms with Crippen LogP contribution < -0.4 is 0 Å². The van der Waals surface area contributed by atoms with Gasteiger partial charge in [0.25, 0.3) is 0 Å². The van der Waals surface area contributed by atoms with Gasteiger partial charge in [-0.1, -0.05) is 0 Å². The second kappa shape index (κ2) is 6.53. The van der Waals surface area contributed by atoms with E-state index in [-0.39, 0.29) is 12.4 Å². The number of aryl methyl sites for hydroxylation is 1. The molecule has 3 aromatic rings. The van der Waals surface area contributed by atoms with E-state index >= 15 is 0 Å². The molecule has 0 aliphatic carbocycles. The summed E-state index contributed by atoms with van der Waals surface area (Å²) < 4.78 is 35.1. The molecule has 0 amide bonds. The van der Waals surface area contributed by atoms with Crippen molar-refractivity contribution < 1.29 is 13.5 Å².